The highest BCUT2D eigenvalue weighted by Gasteiger charge is 2.22. The summed E-state index contributed by atoms with van der Waals surface area (Å²) in [5.74, 6) is 1.20. The molecule has 0 unspecified atom stereocenters. The molecule has 7 nitrogen and oxygen atoms in total. The van der Waals surface area contributed by atoms with Crippen LogP contribution in [0, 0.1) is 13.8 Å². The number of carbonyl (C=O) groups excluding carboxylic acids is 1. The summed E-state index contributed by atoms with van der Waals surface area (Å²) in [5, 5.41) is 6.49. The fourth-order valence-electron chi connectivity index (χ4n) is 3.14. The molecule has 26 heavy (non-hydrogen) atoms. The molecule has 1 aliphatic heterocycles. The van der Waals surface area contributed by atoms with Gasteiger partial charge in [0.1, 0.15) is 11.5 Å². The van der Waals surface area contributed by atoms with E-state index in [2.05, 4.69) is 37.5 Å². The van der Waals surface area contributed by atoms with E-state index in [0.29, 0.717) is 23.2 Å². The molecule has 2 aromatic heterocycles. The zero-order valence-corrected chi connectivity index (χ0v) is 14.7. The van der Waals surface area contributed by atoms with Crippen LogP contribution >= 0.6 is 0 Å². The molecule has 0 radical (unpaired) electrons. The van der Waals surface area contributed by atoms with Gasteiger partial charge in [0.05, 0.1) is 0 Å². The second kappa shape index (κ2) is 6.59. The number of hydrogen-bond acceptors (Lipinski definition) is 6. The van der Waals surface area contributed by atoms with Crippen molar-refractivity contribution < 1.29 is 9.32 Å². The Labute approximate surface area is 151 Å². The Kier molecular flexibility index (Phi) is 4.12. The summed E-state index contributed by atoms with van der Waals surface area (Å²) in [6.45, 7) is 4.45. The Morgan fingerprint density at radius 3 is 2.85 bits per heavy atom. The second-order valence-electron chi connectivity index (χ2n) is 6.36. The van der Waals surface area contributed by atoms with Crippen LogP contribution in [0.1, 0.15) is 33.9 Å². The van der Waals surface area contributed by atoms with Gasteiger partial charge in [-0.2, -0.15) is 0 Å². The molecular formula is C19H19N5O2. The molecule has 3 heterocycles. The molecule has 0 fully saturated rings. The van der Waals surface area contributed by atoms with E-state index in [1.807, 2.05) is 19.1 Å². The number of rotatable bonds is 3. The van der Waals surface area contributed by atoms with Gasteiger partial charge in [0.25, 0.3) is 5.91 Å². The topological polar surface area (TPSA) is 84.2 Å². The number of carbonyl (C=O) groups is 1. The number of nitrogens with one attached hydrogen (secondary N) is 1. The maximum atomic E-state index is 12.6. The first-order valence-electron chi connectivity index (χ1n) is 8.56. The fraction of sp³-hybridized carbons (Fsp3) is 0.263. The van der Waals surface area contributed by atoms with Crippen LogP contribution in [-0.4, -0.2) is 27.6 Å². The summed E-state index contributed by atoms with van der Waals surface area (Å²) in [6.07, 6.45) is 2.06. The minimum atomic E-state index is -0.338. The highest BCUT2D eigenvalue weighted by atomic mass is 16.5. The first kappa shape index (κ1) is 16.3. The lowest BCUT2D eigenvalue weighted by Gasteiger charge is -2.29. The van der Waals surface area contributed by atoms with Gasteiger partial charge in [-0.1, -0.05) is 23.4 Å². The minimum absolute atomic E-state index is 0.302. The summed E-state index contributed by atoms with van der Waals surface area (Å²) in [6, 6.07) is 11.6. The maximum Gasteiger partial charge on any atom is 0.275 e. The summed E-state index contributed by atoms with van der Waals surface area (Å²) in [4.78, 5) is 23.7. The van der Waals surface area contributed by atoms with Gasteiger partial charge < -0.3 is 14.7 Å². The van der Waals surface area contributed by atoms with E-state index < -0.39 is 0 Å². The predicted octanol–water partition coefficient (Wildman–Crippen LogP) is 3.42. The number of benzene rings is 1. The summed E-state index contributed by atoms with van der Waals surface area (Å²) >= 11 is 0. The van der Waals surface area contributed by atoms with Crippen molar-refractivity contribution in [3.05, 3.63) is 59.1 Å². The lowest BCUT2D eigenvalue weighted by Crippen LogP contribution is -2.27. The summed E-state index contributed by atoms with van der Waals surface area (Å²) < 4.78 is 4.98. The zero-order valence-electron chi connectivity index (χ0n) is 14.7. The molecule has 1 N–H and O–H groups in total. The summed E-state index contributed by atoms with van der Waals surface area (Å²) in [5.41, 5.74) is 3.41. The van der Waals surface area contributed by atoms with Crippen LogP contribution in [0.2, 0.25) is 0 Å². The number of nitrogens with zero attached hydrogens (tertiary/aromatic N) is 4. The van der Waals surface area contributed by atoms with E-state index in [9.17, 15) is 4.79 Å². The lowest BCUT2D eigenvalue weighted by atomic mass is 10.0. The molecule has 1 aromatic carbocycles. The van der Waals surface area contributed by atoms with E-state index in [1.165, 1.54) is 5.56 Å². The number of para-hydroxylation sites is 1. The molecule has 4 rings (SSSR count). The predicted molar refractivity (Wildman–Crippen MR) is 97.7 cm³/mol. The minimum Gasteiger partial charge on any atom is -0.360 e. The van der Waals surface area contributed by atoms with E-state index in [1.54, 1.807) is 19.1 Å². The molecule has 0 saturated carbocycles. The van der Waals surface area contributed by atoms with Crippen LogP contribution in [0.5, 0.6) is 0 Å². The normalized spacial score (nSPS) is 13.4. The number of aryl methyl sites for hydroxylation is 3. The molecular weight excluding hydrogens is 330 g/mol. The van der Waals surface area contributed by atoms with Crippen molar-refractivity contribution in [2.45, 2.75) is 26.7 Å². The number of anilines is 3. The highest BCUT2D eigenvalue weighted by Crippen LogP contribution is 2.31. The Morgan fingerprint density at radius 2 is 2.04 bits per heavy atom. The standard InChI is InChI=1S/C19H19N5O2/c1-12-10-15(18(25)22-17-11-13(2)26-23-17)21-19(20-12)24-9-5-7-14-6-3-4-8-16(14)24/h3-4,6,8,10-11H,5,7,9H2,1-2H3,(H,22,23,25). The second-order valence-corrected chi connectivity index (χ2v) is 6.36. The van der Waals surface area contributed by atoms with Gasteiger partial charge in [-0.25, -0.2) is 9.97 Å². The van der Waals surface area contributed by atoms with Crippen molar-refractivity contribution in [1.82, 2.24) is 15.1 Å². The summed E-state index contributed by atoms with van der Waals surface area (Å²) in [7, 11) is 0. The van der Waals surface area contributed by atoms with Crippen LogP contribution in [0.15, 0.2) is 40.9 Å². The van der Waals surface area contributed by atoms with Crippen molar-refractivity contribution in [1.29, 1.82) is 0 Å². The molecule has 1 amide bonds. The van der Waals surface area contributed by atoms with Crippen LogP contribution in [-0.2, 0) is 6.42 Å². The zero-order chi connectivity index (χ0) is 18.1. The number of hydrogen-bond donors (Lipinski definition) is 1. The lowest BCUT2D eigenvalue weighted by molar-refractivity contribution is 0.102. The van der Waals surface area contributed by atoms with E-state index >= 15 is 0 Å². The maximum absolute atomic E-state index is 12.6. The Hall–Kier alpha value is -3.22. The van der Waals surface area contributed by atoms with Crippen molar-refractivity contribution in [3.8, 4) is 0 Å². The first-order chi connectivity index (χ1) is 12.6. The largest absolute Gasteiger partial charge is 0.360 e. The van der Waals surface area contributed by atoms with Crippen LogP contribution in [0.3, 0.4) is 0 Å². The molecule has 3 aromatic rings. The van der Waals surface area contributed by atoms with Crippen molar-refractivity contribution >= 4 is 23.4 Å². The Bertz CT molecular complexity index is 966. The van der Waals surface area contributed by atoms with Gasteiger partial charge in [0.2, 0.25) is 5.95 Å². The average Bonchev–Trinajstić information content (AvgIpc) is 3.05. The number of fused-ring (bicyclic) bond motifs is 1. The third-order valence-electron chi connectivity index (χ3n) is 4.30. The van der Waals surface area contributed by atoms with E-state index in [0.717, 1.165) is 30.8 Å². The van der Waals surface area contributed by atoms with Gasteiger partial charge in [0.15, 0.2) is 5.82 Å². The molecule has 7 heteroatoms. The molecule has 132 valence electrons. The molecule has 0 atom stereocenters. The molecule has 1 aliphatic rings. The number of aromatic nitrogens is 3. The number of amides is 1. The average molecular weight is 349 g/mol. The monoisotopic (exact) mass is 349 g/mol. The van der Waals surface area contributed by atoms with Crippen LogP contribution < -0.4 is 10.2 Å². The Morgan fingerprint density at radius 1 is 1.19 bits per heavy atom. The van der Waals surface area contributed by atoms with Crippen LogP contribution in [0.4, 0.5) is 17.5 Å². The first-order valence-corrected chi connectivity index (χ1v) is 8.56. The van der Waals surface area contributed by atoms with Gasteiger partial charge in [-0.05, 0) is 44.4 Å². The smallest absolute Gasteiger partial charge is 0.275 e. The van der Waals surface area contributed by atoms with Gasteiger partial charge in [0, 0.05) is 24.0 Å². The fourth-order valence-corrected chi connectivity index (χ4v) is 3.14. The third kappa shape index (κ3) is 3.15. The third-order valence-corrected chi connectivity index (χ3v) is 4.30. The van der Waals surface area contributed by atoms with Gasteiger partial charge in [-0.3, -0.25) is 4.79 Å². The Balaban J connectivity index is 1.66. The SMILES string of the molecule is Cc1cc(C(=O)Nc2cc(C)on2)nc(N2CCCc3ccccc32)n1. The van der Waals surface area contributed by atoms with Crippen LogP contribution in [0.25, 0.3) is 0 Å². The molecule has 0 bridgehead atoms. The van der Waals surface area contributed by atoms with Gasteiger partial charge in [-0.15, -0.1) is 0 Å². The highest BCUT2D eigenvalue weighted by molar-refractivity contribution is 6.02. The van der Waals surface area contributed by atoms with E-state index in [4.69, 9.17) is 4.52 Å². The van der Waals surface area contributed by atoms with Crippen molar-refractivity contribution in [3.63, 3.8) is 0 Å². The quantitative estimate of drug-likeness (QED) is 0.780. The van der Waals surface area contributed by atoms with Crippen molar-refractivity contribution in [2.24, 2.45) is 0 Å². The molecule has 0 spiro atoms. The van der Waals surface area contributed by atoms with E-state index in [-0.39, 0.29) is 5.91 Å². The molecule has 0 saturated heterocycles. The molecule has 0 aliphatic carbocycles. The van der Waals surface area contributed by atoms with Gasteiger partial charge >= 0.3 is 0 Å². The van der Waals surface area contributed by atoms with Crippen molar-refractivity contribution in [2.75, 3.05) is 16.8 Å².